The highest BCUT2D eigenvalue weighted by molar-refractivity contribution is 14.0. The minimum atomic E-state index is 0. The number of benzene rings is 1. The van der Waals surface area contributed by atoms with Gasteiger partial charge in [-0.15, -0.1) is 34.2 Å². The van der Waals surface area contributed by atoms with E-state index in [2.05, 4.69) is 80.3 Å². The number of hydrogen-bond acceptors (Lipinski definition) is 4. The standard InChI is InChI=1S/C23H37N7.HI/c1-5-22-28-27-17-30(22)11-10-25-23(24-4)26-13-20-6-8-21(9-7-20)16-29-14-18(2)12-19(3)15-29;/h6-9,17-19H,5,10-16H2,1-4H3,(H2,24,25,26);1H. The zero-order valence-electron chi connectivity index (χ0n) is 19.3. The topological polar surface area (TPSA) is 70.4 Å². The number of hydrogen-bond donors (Lipinski definition) is 2. The molecule has 8 heteroatoms. The van der Waals surface area contributed by atoms with Crippen LogP contribution in [0.25, 0.3) is 0 Å². The Morgan fingerprint density at radius 3 is 2.42 bits per heavy atom. The maximum absolute atomic E-state index is 4.32. The van der Waals surface area contributed by atoms with Crippen LogP contribution in [0.15, 0.2) is 35.6 Å². The van der Waals surface area contributed by atoms with Crippen LogP contribution in [-0.4, -0.2) is 52.3 Å². The van der Waals surface area contributed by atoms with Crippen LogP contribution in [0.1, 0.15) is 44.1 Å². The van der Waals surface area contributed by atoms with Crippen LogP contribution >= 0.6 is 24.0 Å². The minimum absolute atomic E-state index is 0. The van der Waals surface area contributed by atoms with Crippen molar-refractivity contribution in [2.75, 3.05) is 26.7 Å². The molecule has 0 amide bonds. The van der Waals surface area contributed by atoms with Crippen molar-refractivity contribution >= 4 is 29.9 Å². The lowest BCUT2D eigenvalue weighted by molar-refractivity contribution is 0.134. The Labute approximate surface area is 204 Å². The third kappa shape index (κ3) is 8.07. The number of likely N-dealkylation sites (tertiary alicyclic amines) is 1. The molecule has 0 saturated carbocycles. The Balaban J connectivity index is 0.00000341. The molecule has 1 fully saturated rings. The van der Waals surface area contributed by atoms with Gasteiger partial charge >= 0.3 is 0 Å². The third-order valence-electron chi connectivity index (χ3n) is 5.71. The Kier molecular flexibility index (Phi) is 10.7. The molecule has 2 unspecified atom stereocenters. The second-order valence-corrected chi connectivity index (χ2v) is 8.60. The Bertz CT molecular complexity index is 793. The Morgan fingerprint density at radius 1 is 1.10 bits per heavy atom. The molecular formula is C23H38IN7. The molecule has 31 heavy (non-hydrogen) atoms. The third-order valence-corrected chi connectivity index (χ3v) is 5.71. The zero-order valence-corrected chi connectivity index (χ0v) is 21.7. The van der Waals surface area contributed by atoms with Gasteiger partial charge in [-0.25, -0.2) is 0 Å². The van der Waals surface area contributed by atoms with Gasteiger partial charge in [0.05, 0.1) is 0 Å². The molecule has 0 aliphatic carbocycles. The van der Waals surface area contributed by atoms with E-state index in [1.807, 2.05) is 0 Å². The first-order valence-electron chi connectivity index (χ1n) is 11.2. The first-order valence-corrected chi connectivity index (χ1v) is 11.2. The molecule has 1 aromatic heterocycles. The van der Waals surface area contributed by atoms with Crippen molar-refractivity contribution < 1.29 is 0 Å². The molecule has 3 rings (SSSR count). The minimum Gasteiger partial charge on any atom is -0.355 e. The smallest absolute Gasteiger partial charge is 0.191 e. The largest absolute Gasteiger partial charge is 0.355 e. The van der Waals surface area contributed by atoms with Gasteiger partial charge < -0.3 is 15.2 Å². The first-order chi connectivity index (χ1) is 14.6. The summed E-state index contributed by atoms with van der Waals surface area (Å²) in [7, 11) is 1.80. The Morgan fingerprint density at radius 2 is 1.77 bits per heavy atom. The molecule has 2 aromatic rings. The second-order valence-electron chi connectivity index (χ2n) is 8.60. The molecule has 1 aliphatic heterocycles. The number of aromatic nitrogens is 3. The number of aryl methyl sites for hydroxylation is 1. The van der Waals surface area contributed by atoms with Crippen molar-refractivity contribution in [2.45, 2.75) is 53.2 Å². The molecule has 1 saturated heterocycles. The number of aliphatic imine (C=N–C) groups is 1. The number of halogens is 1. The summed E-state index contributed by atoms with van der Waals surface area (Å²) in [6.07, 6.45) is 4.03. The van der Waals surface area contributed by atoms with Gasteiger partial charge in [0.15, 0.2) is 5.96 Å². The molecule has 2 N–H and O–H groups in total. The van der Waals surface area contributed by atoms with E-state index in [0.717, 1.165) is 56.2 Å². The molecular weight excluding hydrogens is 501 g/mol. The maximum atomic E-state index is 4.32. The summed E-state index contributed by atoms with van der Waals surface area (Å²) in [5.74, 6) is 3.42. The molecule has 0 radical (unpaired) electrons. The van der Waals surface area contributed by atoms with Gasteiger partial charge in [-0.2, -0.15) is 0 Å². The number of guanidine groups is 1. The summed E-state index contributed by atoms with van der Waals surface area (Å²) < 4.78 is 2.07. The van der Waals surface area contributed by atoms with Crippen molar-refractivity contribution in [1.82, 2.24) is 30.3 Å². The highest BCUT2D eigenvalue weighted by atomic mass is 127. The van der Waals surface area contributed by atoms with E-state index in [1.54, 1.807) is 13.4 Å². The van der Waals surface area contributed by atoms with Crippen LogP contribution in [-0.2, 0) is 26.1 Å². The number of piperidine rings is 1. The fourth-order valence-corrected chi connectivity index (χ4v) is 4.38. The SMILES string of the molecule is CCc1nncn1CCNC(=NC)NCc1ccc(CN2CC(C)CC(C)C2)cc1.I. The van der Waals surface area contributed by atoms with E-state index in [1.165, 1.54) is 30.6 Å². The van der Waals surface area contributed by atoms with Crippen LogP contribution in [0.5, 0.6) is 0 Å². The van der Waals surface area contributed by atoms with E-state index >= 15 is 0 Å². The van der Waals surface area contributed by atoms with Gasteiger partial charge in [-0.1, -0.05) is 45.0 Å². The molecule has 2 heterocycles. The average Bonchev–Trinajstić information content (AvgIpc) is 3.18. The molecule has 0 spiro atoms. The lowest BCUT2D eigenvalue weighted by Gasteiger charge is -2.35. The summed E-state index contributed by atoms with van der Waals surface area (Å²) in [5, 5.41) is 14.8. The van der Waals surface area contributed by atoms with Crippen molar-refractivity contribution in [2.24, 2.45) is 16.8 Å². The monoisotopic (exact) mass is 539 g/mol. The van der Waals surface area contributed by atoms with E-state index in [-0.39, 0.29) is 24.0 Å². The second kappa shape index (κ2) is 13.0. The van der Waals surface area contributed by atoms with Crippen LogP contribution < -0.4 is 10.6 Å². The molecule has 2 atom stereocenters. The van der Waals surface area contributed by atoms with Crippen LogP contribution in [0.2, 0.25) is 0 Å². The highest BCUT2D eigenvalue weighted by Gasteiger charge is 2.21. The number of nitrogens with one attached hydrogen (secondary N) is 2. The van der Waals surface area contributed by atoms with Gasteiger partial charge in [-0.05, 0) is 29.4 Å². The fourth-order valence-electron chi connectivity index (χ4n) is 4.38. The van der Waals surface area contributed by atoms with Crippen LogP contribution in [0.4, 0.5) is 0 Å². The summed E-state index contributed by atoms with van der Waals surface area (Å²) in [6, 6.07) is 8.96. The van der Waals surface area contributed by atoms with E-state index in [4.69, 9.17) is 0 Å². The van der Waals surface area contributed by atoms with Crippen molar-refractivity contribution in [3.8, 4) is 0 Å². The summed E-state index contributed by atoms with van der Waals surface area (Å²) >= 11 is 0. The first kappa shape index (κ1) is 25.6. The van der Waals surface area contributed by atoms with Crippen molar-refractivity contribution in [3.05, 3.63) is 47.5 Å². The van der Waals surface area contributed by atoms with Gasteiger partial charge in [0.1, 0.15) is 12.2 Å². The number of rotatable bonds is 8. The van der Waals surface area contributed by atoms with E-state index < -0.39 is 0 Å². The molecule has 0 bridgehead atoms. The lowest BCUT2D eigenvalue weighted by Crippen LogP contribution is -2.38. The van der Waals surface area contributed by atoms with E-state index in [0.29, 0.717) is 0 Å². The molecule has 1 aromatic carbocycles. The number of nitrogens with zero attached hydrogens (tertiary/aromatic N) is 5. The summed E-state index contributed by atoms with van der Waals surface area (Å²) in [4.78, 5) is 6.92. The van der Waals surface area contributed by atoms with Gasteiger partial charge in [0, 0.05) is 52.7 Å². The normalized spacial score (nSPS) is 19.7. The van der Waals surface area contributed by atoms with Crippen molar-refractivity contribution in [3.63, 3.8) is 0 Å². The summed E-state index contributed by atoms with van der Waals surface area (Å²) in [5.41, 5.74) is 2.65. The molecule has 172 valence electrons. The summed E-state index contributed by atoms with van der Waals surface area (Å²) in [6.45, 7) is 12.7. The Hall–Kier alpha value is -1.68. The van der Waals surface area contributed by atoms with Gasteiger partial charge in [0.25, 0.3) is 0 Å². The molecule has 7 nitrogen and oxygen atoms in total. The lowest BCUT2D eigenvalue weighted by atomic mass is 9.91. The van der Waals surface area contributed by atoms with E-state index in [9.17, 15) is 0 Å². The fraction of sp³-hybridized carbons (Fsp3) is 0.609. The van der Waals surface area contributed by atoms with Gasteiger partial charge in [0.2, 0.25) is 0 Å². The predicted octanol–water partition coefficient (Wildman–Crippen LogP) is 3.30. The van der Waals surface area contributed by atoms with Crippen molar-refractivity contribution in [1.29, 1.82) is 0 Å². The zero-order chi connectivity index (χ0) is 21.3. The van der Waals surface area contributed by atoms with Gasteiger partial charge in [-0.3, -0.25) is 9.89 Å². The predicted molar refractivity (Wildman–Crippen MR) is 138 cm³/mol. The quantitative estimate of drug-likeness (QED) is 0.306. The highest BCUT2D eigenvalue weighted by Crippen LogP contribution is 2.22. The maximum Gasteiger partial charge on any atom is 0.191 e. The van der Waals surface area contributed by atoms with Crippen LogP contribution in [0, 0.1) is 11.8 Å². The molecule has 1 aliphatic rings. The average molecular weight is 540 g/mol. The van der Waals surface area contributed by atoms with Crippen LogP contribution in [0.3, 0.4) is 0 Å².